The Morgan fingerprint density at radius 3 is 2.36 bits per heavy atom. The van der Waals surface area contributed by atoms with Crippen LogP contribution < -0.4 is 0 Å². The van der Waals surface area contributed by atoms with Crippen LogP contribution in [0.15, 0.2) is 12.1 Å². The van der Waals surface area contributed by atoms with Gasteiger partial charge in [-0.3, -0.25) is 0 Å². The Morgan fingerprint density at radius 2 is 1.86 bits per heavy atom. The number of nitriles is 1. The van der Waals surface area contributed by atoms with Crippen molar-refractivity contribution >= 4 is 23.2 Å². The quantitative estimate of drug-likeness (QED) is 0.713. The number of benzene rings is 1. The Hall–Kier alpha value is -0.710. The first-order chi connectivity index (χ1) is 6.59. The van der Waals surface area contributed by atoms with Gasteiger partial charge in [-0.25, -0.2) is 0 Å². The van der Waals surface area contributed by atoms with Gasteiger partial charge in [0, 0.05) is 0 Å². The molecular weight excluding hydrogens is 217 g/mol. The van der Waals surface area contributed by atoms with E-state index in [0.717, 1.165) is 24.0 Å². The number of nitrogens with zero attached hydrogens (tertiary/aromatic N) is 1. The first kappa shape index (κ1) is 9.83. The van der Waals surface area contributed by atoms with Crippen molar-refractivity contribution in [3.63, 3.8) is 0 Å². The van der Waals surface area contributed by atoms with E-state index in [9.17, 15) is 0 Å². The molecule has 0 aliphatic heterocycles. The minimum Gasteiger partial charge on any atom is -0.197 e. The molecule has 0 heterocycles. The van der Waals surface area contributed by atoms with Gasteiger partial charge in [-0.1, -0.05) is 23.2 Å². The lowest BCUT2D eigenvalue weighted by molar-refractivity contribution is 0.895. The van der Waals surface area contributed by atoms with E-state index >= 15 is 0 Å². The summed E-state index contributed by atoms with van der Waals surface area (Å²) in [6.45, 7) is 1.97. The van der Waals surface area contributed by atoms with E-state index in [2.05, 4.69) is 6.07 Å². The summed E-state index contributed by atoms with van der Waals surface area (Å²) in [7, 11) is 0. The van der Waals surface area contributed by atoms with E-state index < -0.39 is 0 Å². The fraction of sp³-hybridized carbons (Fsp3) is 0.364. The molecule has 14 heavy (non-hydrogen) atoms. The fourth-order valence-corrected chi connectivity index (χ4v) is 2.11. The molecule has 0 unspecified atom stereocenters. The molecule has 0 aromatic heterocycles. The summed E-state index contributed by atoms with van der Waals surface area (Å²) in [5, 5.41) is 10.2. The van der Waals surface area contributed by atoms with Crippen molar-refractivity contribution in [2.24, 2.45) is 0 Å². The van der Waals surface area contributed by atoms with Gasteiger partial charge in [0.1, 0.15) is 0 Å². The molecule has 1 fully saturated rings. The zero-order valence-electron chi connectivity index (χ0n) is 7.77. The first-order valence-electron chi connectivity index (χ1n) is 4.46. The molecule has 0 amide bonds. The summed E-state index contributed by atoms with van der Waals surface area (Å²) in [6, 6.07) is 6.01. The average molecular weight is 226 g/mol. The van der Waals surface area contributed by atoms with E-state index in [0.29, 0.717) is 10.0 Å². The number of hydrogen-bond acceptors (Lipinski definition) is 1. The second-order valence-corrected chi connectivity index (χ2v) is 4.59. The van der Waals surface area contributed by atoms with Crippen LogP contribution in [0.1, 0.15) is 24.0 Å². The maximum Gasteiger partial charge on any atom is 0.0826 e. The third kappa shape index (κ3) is 1.39. The van der Waals surface area contributed by atoms with Crippen LogP contribution in [0.2, 0.25) is 10.0 Å². The Balaban J connectivity index is 2.55. The molecule has 0 bridgehead atoms. The van der Waals surface area contributed by atoms with Crippen LogP contribution in [0, 0.1) is 18.3 Å². The molecule has 1 nitrogen and oxygen atoms in total. The number of hydrogen-bond donors (Lipinski definition) is 0. The van der Waals surface area contributed by atoms with Gasteiger partial charge in [0.05, 0.1) is 21.5 Å². The smallest absolute Gasteiger partial charge is 0.0826 e. The van der Waals surface area contributed by atoms with Crippen LogP contribution >= 0.6 is 23.2 Å². The monoisotopic (exact) mass is 225 g/mol. The van der Waals surface area contributed by atoms with E-state index in [4.69, 9.17) is 28.5 Å². The van der Waals surface area contributed by atoms with Crippen LogP contribution in [-0.2, 0) is 5.41 Å². The van der Waals surface area contributed by atoms with Gasteiger partial charge < -0.3 is 0 Å². The predicted octanol–water partition coefficient (Wildman–Crippen LogP) is 3.86. The molecule has 0 spiro atoms. The molecular formula is C11H9Cl2N. The molecule has 2 rings (SSSR count). The lowest BCUT2D eigenvalue weighted by atomic mass is 9.93. The maximum atomic E-state index is 9.07. The van der Waals surface area contributed by atoms with Crippen LogP contribution in [0.5, 0.6) is 0 Å². The van der Waals surface area contributed by atoms with E-state index in [1.807, 2.05) is 19.1 Å². The van der Waals surface area contributed by atoms with Crippen LogP contribution in [0.25, 0.3) is 0 Å². The topological polar surface area (TPSA) is 23.8 Å². The maximum absolute atomic E-state index is 9.07. The molecule has 1 aliphatic rings. The minimum atomic E-state index is -0.279. The van der Waals surface area contributed by atoms with Gasteiger partial charge in [-0.15, -0.1) is 0 Å². The normalized spacial score (nSPS) is 17.6. The molecule has 72 valence electrons. The second-order valence-electron chi connectivity index (χ2n) is 3.78. The van der Waals surface area contributed by atoms with Gasteiger partial charge in [0.25, 0.3) is 0 Å². The van der Waals surface area contributed by atoms with Crippen molar-refractivity contribution in [2.75, 3.05) is 0 Å². The number of aryl methyl sites for hydroxylation is 1. The standard InChI is InChI=1S/C11H9Cl2N/c1-7-4-9(12)10(13)5-8(7)11(6-14)2-3-11/h4-5H,2-3H2,1H3. The second kappa shape index (κ2) is 3.15. The van der Waals surface area contributed by atoms with Gasteiger partial charge >= 0.3 is 0 Å². The van der Waals surface area contributed by atoms with E-state index in [1.165, 1.54) is 0 Å². The summed E-state index contributed by atoms with van der Waals surface area (Å²) in [4.78, 5) is 0. The van der Waals surface area contributed by atoms with Crippen molar-refractivity contribution in [2.45, 2.75) is 25.2 Å². The summed E-state index contributed by atoms with van der Waals surface area (Å²) < 4.78 is 0. The Morgan fingerprint density at radius 1 is 1.29 bits per heavy atom. The number of rotatable bonds is 1. The fourth-order valence-electron chi connectivity index (χ4n) is 1.73. The van der Waals surface area contributed by atoms with Crippen molar-refractivity contribution < 1.29 is 0 Å². The molecule has 0 radical (unpaired) electrons. The van der Waals surface area contributed by atoms with Crippen LogP contribution in [-0.4, -0.2) is 0 Å². The largest absolute Gasteiger partial charge is 0.197 e. The third-order valence-electron chi connectivity index (χ3n) is 2.75. The Bertz CT molecular complexity index is 428. The zero-order chi connectivity index (χ0) is 10.3. The molecule has 0 saturated heterocycles. The van der Waals surface area contributed by atoms with Gasteiger partial charge in [0.2, 0.25) is 0 Å². The highest BCUT2D eigenvalue weighted by atomic mass is 35.5. The Labute approximate surface area is 93.2 Å². The highest BCUT2D eigenvalue weighted by molar-refractivity contribution is 6.42. The predicted molar refractivity (Wildman–Crippen MR) is 57.7 cm³/mol. The molecule has 3 heteroatoms. The summed E-state index contributed by atoms with van der Waals surface area (Å²) >= 11 is 11.8. The van der Waals surface area contributed by atoms with E-state index in [-0.39, 0.29) is 5.41 Å². The average Bonchev–Trinajstić information content (AvgIpc) is 2.92. The molecule has 0 atom stereocenters. The highest BCUT2D eigenvalue weighted by Crippen LogP contribution is 2.49. The summed E-state index contributed by atoms with van der Waals surface area (Å²) in [6.07, 6.45) is 1.87. The minimum absolute atomic E-state index is 0.279. The van der Waals surface area contributed by atoms with Crippen molar-refractivity contribution in [3.8, 4) is 6.07 Å². The molecule has 1 aromatic rings. The highest BCUT2D eigenvalue weighted by Gasteiger charge is 2.45. The van der Waals surface area contributed by atoms with Crippen LogP contribution in [0.3, 0.4) is 0 Å². The lowest BCUT2D eigenvalue weighted by Gasteiger charge is -2.11. The van der Waals surface area contributed by atoms with Gasteiger partial charge in [-0.2, -0.15) is 5.26 Å². The lowest BCUT2D eigenvalue weighted by Crippen LogP contribution is -2.05. The Kier molecular flexibility index (Phi) is 2.21. The van der Waals surface area contributed by atoms with Crippen molar-refractivity contribution in [3.05, 3.63) is 33.3 Å². The van der Waals surface area contributed by atoms with Crippen LogP contribution in [0.4, 0.5) is 0 Å². The first-order valence-corrected chi connectivity index (χ1v) is 5.22. The molecule has 0 N–H and O–H groups in total. The summed E-state index contributed by atoms with van der Waals surface area (Å²) in [5.74, 6) is 0. The van der Waals surface area contributed by atoms with Crippen molar-refractivity contribution in [1.82, 2.24) is 0 Å². The van der Waals surface area contributed by atoms with E-state index in [1.54, 1.807) is 0 Å². The summed E-state index contributed by atoms with van der Waals surface area (Å²) in [5.41, 5.74) is 1.81. The van der Waals surface area contributed by atoms with Gasteiger partial charge in [-0.05, 0) is 43.0 Å². The molecule has 1 aromatic carbocycles. The van der Waals surface area contributed by atoms with Gasteiger partial charge in [0.15, 0.2) is 0 Å². The third-order valence-corrected chi connectivity index (χ3v) is 3.47. The molecule has 1 saturated carbocycles. The zero-order valence-corrected chi connectivity index (χ0v) is 9.28. The molecule has 1 aliphatic carbocycles. The SMILES string of the molecule is Cc1cc(Cl)c(Cl)cc1C1(C#N)CC1. The number of halogens is 2. The van der Waals surface area contributed by atoms with Crippen molar-refractivity contribution in [1.29, 1.82) is 5.26 Å².